The van der Waals surface area contributed by atoms with E-state index in [1.807, 2.05) is 0 Å². The number of benzene rings is 2. The van der Waals surface area contributed by atoms with Crippen LogP contribution in [-0.4, -0.2) is 28.6 Å². The van der Waals surface area contributed by atoms with E-state index in [1.54, 1.807) is 0 Å². The molecule has 0 N–H and O–H groups in total. The molecule has 2 aromatic carbocycles. The summed E-state index contributed by atoms with van der Waals surface area (Å²) in [6.45, 7) is 0. The number of halogens is 1. The second-order valence-corrected chi connectivity index (χ2v) is 5.78. The summed E-state index contributed by atoms with van der Waals surface area (Å²) in [6, 6.07) is 10.5. The second-order valence-electron chi connectivity index (χ2n) is 5.78. The van der Waals surface area contributed by atoms with Crippen LogP contribution in [0.15, 0.2) is 53.7 Å². The van der Waals surface area contributed by atoms with Crippen LogP contribution in [-0.2, 0) is 14.4 Å². The highest BCUT2D eigenvalue weighted by Gasteiger charge is 2.56. The Morgan fingerprint density at radius 2 is 1.85 bits per heavy atom. The first-order valence-corrected chi connectivity index (χ1v) is 7.59. The molecule has 9 heteroatoms. The lowest BCUT2D eigenvalue weighted by molar-refractivity contribution is -0.384. The lowest BCUT2D eigenvalue weighted by Gasteiger charge is -2.15. The van der Waals surface area contributed by atoms with Gasteiger partial charge >= 0.3 is 0 Å². The predicted molar refractivity (Wildman–Crippen MR) is 86.9 cm³/mol. The van der Waals surface area contributed by atoms with E-state index in [0.29, 0.717) is 5.56 Å². The molecular weight excluding hydrogens is 345 g/mol. The quantitative estimate of drug-likeness (QED) is 0.476. The average molecular weight is 355 g/mol. The fourth-order valence-corrected chi connectivity index (χ4v) is 3.04. The molecule has 1 saturated heterocycles. The molecule has 8 nitrogen and oxygen atoms in total. The van der Waals surface area contributed by atoms with Gasteiger partial charge in [-0.2, -0.15) is 0 Å². The van der Waals surface area contributed by atoms with Crippen LogP contribution in [0.2, 0.25) is 0 Å². The molecule has 2 atom stereocenters. The number of carbonyl (C=O) groups excluding carboxylic acids is 2. The summed E-state index contributed by atoms with van der Waals surface area (Å²) in [6.07, 6.45) is -1.14. The van der Waals surface area contributed by atoms with Crippen LogP contribution in [0.1, 0.15) is 5.56 Å². The summed E-state index contributed by atoms with van der Waals surface area (Å²) in [7, 11) is 0. The predicted octanol–water partition coefficient (Wildman–Crippen LogP) is 2.03. The smallest absolute Gasteiger partial charge is 0.278 e. The number of carbonyl (C=O) groups is 2. The molecule has 130 valence electrons. The third kappa shape index (κ3) is 2.32. The van der Waals surface area contributed by atoms with Crippen LogP contribution in [0.3, 0.4) is 0 Å². The first-order valence-electron chi connectivity index (χ1n) is 7.59. The number of oxime groups is 1. The van der Waals surface area contributed by atoms with Gasteiger partial charge in [0.1, 0.15) is 17.4 Å². The molecule has 0 bridgehead atoms. The third-order valence-electron chi connectivity index (χ3n) is 4.25. The number of non-ortho nitro benzene ring substituents is 1. The summed E-state index contributed by atoms with van der Waals surface area (Å²) in [5.41, 5.74) is 0.529. The van der Waals surface area contributed by atoms with Gasteiger partial charge < -0.3 is 4.84 Å². The number of amides is 2. The third-order valence-corrected chi connectivity index (χ3v) is 4.25. The van der Waals surface area contributed by atoms with Crippen molar-refractivity contribution in [3.8, 4) is 0 Å². The summed E-state index contributed by atoms with van der Waals surface area (Å²) in [5, 5.41) is 14.7. The van der Waals surface area contributed by atoms with E-state index in [2.05, 4.69) is 5.16 Å². The Hall–Kier alpha value is -3.62. The molecule has 2 aromatic rings. The van der Waals surface area contributed by atoms with Crippen LogP contribution in [0, 0.1) is 21.8 Å². The number of fused-ring (bicyclic) bond motifs is 1. The Kier molecular flexibility index (Phi) is 3.50. The first kappa shape index (κ1) is 15.9. The molecule has 2 aliphatic heterocycles. The standard InChI is InChI=1S/C17H10FN3O5/c18-10-6-4-9(5-7-10)14-13-15(26-19-14)17(23)20(16(13)22)11-2-1-3-12(8-11)21(24)25/h1-8,13,15H/t13-,15+/m1/s1. The highest BCUT2D eigenvalue weighted by molar-refractivity contribution is 6.32. The van der Waals surface area contributed by atoms with Crippen molar-refractivity contribution < 1.29 is 23.7 Å². The van der Waals surface area contributed by atoms with Gasteiger partial charge in [-0.3, -0.25) is 19.7 Å². The van der Waals surface area contributed by atoms with Gasteiger partial charge in [0.15, 0.2) is 0 Å². The Bertz CT molecular complexity index is 973. The second kappa shape index (κ2) is 5.73. The lowest BCUT2D eigenvalue weighted by atomic mass is 9.94. The van der Waals surface area contributed by atoms with Gasteiger partial charge in [-0.1, -0.05) is 23.4 Å². The molecule has 0 radical (unpaired) electrons. The number of nitro groups is 1. The van der Waals surface area contributed by atoms with Crippen molar-refractivity contribution in [2.45, 2.75) is 6.10 Å². The molecule has 2 heterocycles. The van der Waals surface area contributed by atoms with Gasteiger partial charge in [-0.25, -0.2) is 9.29 Å². The summed E-state index contributed by atoms with van der Waals surface area (Å²) >= 11 is 0. The molecule has 2 amide bonds. The Morgan fingerprint density at radius 1 is 1.12 bits per heavy atom. The fourth-order valence-electron chi connectivity index (χ4n) is 3.04. The molecule has 0 unspecified atom stereocenters. The summed E-state index contributed by atoms with van der Waals surface area (Å²) in [4.78, 5) is 41.7. The van der Waals surface area contributed by atoms with Crippen molar-refractivity contribution in [1.29, 1.82) is 0 Å². The van der Waals surface area contributed by atoms with E-state index in [-0.39, 0.29) is 17.1 Å². The molecule has 0 aromatic heterocycles. The van der Waals surface area contributed by atoms with Crippen LogP contribution < -0.4 is 4.90 Å². The number of rotatable bonds is 3. The van der Waals surface area contributed by atoms with Crippen molar-refractivity contribution in [1.82, 2.24) is 0 Å². The SMILES string of the molecule is O=C1[C@@H]2C(c3ccc(F)cc3)=NO[C@@H]2C(=O)N1c1cccc([N+](=O)[O-])c1. The number of hydrogen-bond acceptors (Lipinski definition) is 6. The molecule has 2 aliphatic rings. The van der Waals surface area contributed by atoms with E-state index < -0.39 is 34.6 Å². The van der Waals surface area contributed by atoms with E-state index in [9.17, 15) is 24.1 Å². The van der Waals surface area contributed by atoms with Gasteiger partial charge in [-0.05, 0) is 18.2 Å². The van der Waals surface area contributed by atoms with Crippen LogP contribution in [0.5, 0.6) is 0 Å². The minimum absolute atomic E-state index is 0.0886. The van der Waals surface area contributed by atoms with Crippen LogP contribution in [0.25, 0.3) is 0 Å². The highest BCUT2D eigenvalue weighted by Crippen LogP contribution is 2.36. The van der Waals surface area contributed by atoms with E-state index in [0.717, 1.165) is 11.0 Å². The number of nitrogens with zero attached hydrogens (tertiary/aromatic N) is 3. The zero-order valence-corrected chi connectivity index (χ0v) is 13.0. The summed E-state index contributed by atoms with van der Waals surface area (Å²) < 4.78 is 13.1. The zero-order chi connectivity index (χ0) is 18.4. The monoisotopic (exact) mass is 355 g/mol. The van der Waals surface area contributed by atoms with Crippen molar-refractivity contribution >= 4 is 28.9 Å². The van der Waals surface area contributed by atoms with Gasteiger partial charge in [0.25, 0.3) is 11.6 Å². The molecular formula is C17H10FN3O5. The van der Waals surface area contributed by atoms with Gasteiger partial charge in [0.2, 0.25) is 12.0 Å². The minimum atomic E-state index is -1.14. The zero-order valence-electron chi connectivity index (χ0n) is 13.0. The number of anilines is 1. The largest absolute Gasteiger partial charge is 0.381 e. The van der Waals surface area contributed by atoms with Crippen LogP contribution >= 0.6 is 0 Å². The normalized spacial score (nSPS) is 21.4. The average Bonchev–Trinajstić information content (AvgIpc) is 3.16. The van der Waals surface area contributed by atoms with E-state index in [1.165, 1.54) is 42.5 Å². The van der Waals surface area contributed by atoms with Crippen molar-refractivity contribution in [3.05, 3.63) is 70.0 Å². The van der Waals surface area contributed by atoms with Gasteiger partial charge in [-0.15, -0.1) is 0 Å². The van der Waals surface area contributed by atoms with E-state index >= 15 is 0 Å². The van der Waals surface area contributed by atoms with E-state index in [4.69, 9.17) is 4.84 Å². The number of nitro benzene ring substituents is 1. The fraction of sp³-hybridized carbons (Fsp3) is 0.118. The van der Waals surface area contributed by atoms with Crippen molar-refractivity contribution in [3.63, 3.8) is 0 Å². The van der Waals surface area contributed by atoms with Crippen molar-refractivity contribution in [2.75, 3.05) is 4.90 Å². The maximum absolute atomic E-state index is 13.1. The first-order chi connectivity index (χ1) is 12.5. The molecule has 0 aliphatic carbocycles. The van der Waals surface area contributed by atoms with Gasteiger partial charge in [0.05, 0.1) is 10.6 Å². The Labute approximate surface area is 145 Å². The summed E-state index contributed by atoms with van der Waals surface area (Å²) in [5.74, 6) is -2.67. The number of hydrogen-bond donors (Lipinski definition) is 0. The lowest BCUT2D eigenvalue weighted by Crippen LogP contribution is -2.33. The number of imide groups is 1. The molecule has 0 spiro atoms. The topological polar surface area (TPSA) is 102 Å². The molecule has 1 fully saturated rings. The minimum Gasteiger partial charge on any atom is -0.381 e. The van der Waals surface area contributed by atoms with Crippen LogP contribution in [0.4, 0.5) is 15.8 Å². The Morgan fingerprint density at radius 3 is 2.54 bits per heavy atom. The molecule has 0 saturated carbocycles. The Balaban J connectivity index is 1.70. The van der Waals surface area contributed by atoms with Crippen molar-refractivity contribution in [2.24, 2.45) is 11.1 Å². The van der Waals surface area contributed by atoms with Gasteiger partial charge in [0, 0.05) is 17.7 Å². The maximum atomic E-state index is 13.1. The highest BCUT2D eigenvalue weighted by atomic mass is 19.1. The molecule has 26 heavy (non-hydrogen) atoms. The maximum Gasteiger partial charge on any atom is 0.278 e. The molecule has 4 rings (SSSR count).